The minimum atomic E-state index is -3.02. The number of benzene rings is 1. The van der Waals surface area contributed by atoms with Crippen molar-refractivity contribution in [2.45, 2.75) is 19.6 Å². The second-order valence-corrected chi connectivity index (χ2v) is 7.16. The van der Waals surface area contributed by atoms with Crippen LogP contribution in [0.2, 0.25) is 0 Å². The van der Waals surface area contributed by atoms with Crippen LogP contribution in [-0.2, 0) is 16.1 Å². The number of aromatic nitrogens is 1. The number of hydrogen-bond donors (Lipinski definition) is 1. The van der Waals surface area contributed by atoms with E-state index in [1.165, 1.54) is 42.0 Å². The number of thiazole rings is 1. The lowest BCUT2D eigenvalue weighted by Gasteiger charge is -2.06. The molecule has 1 N–H and O–H groups in total. The second-order valence-electron chi connectivity index (χ2n) is 6.13. The van der Waals surface area contributed by atoms with E-state index in [2.05, 4.69) is 16.6 Å². The monoisotopic (exact) mass is 449 g/mol. The summed E-state index contributed by atoms with van der Waals surface area (Å²) in [4.78, 5) is 25.4. The fourth-order valence-electron chi connectivity index (χ4n) is 2.65. The minimum absolute atomic E-state index is 0.0653. The maximum atomic E-state index is 12.9. The largest absolute Gasteiger partial charge is 0.434 e. The van der Waals surface area contributed by atoms with Crippen molar-refractivity contribution in [3.8, 4) is 11.8 Å². The van der Waals surface area contributed by atoms with Crippen molar-refractivity contribution in [1.82, 2.24) is 9.88 Å². The molecule has 1 heterocycles. The van der Waals surface area contributed by atoms with E-state index in [9.17, 15) is 23.6 Å². The zero-order valence-corrected chi connectivity index (χ0v) is 17.6. The summed E-state index contributed by atoms with van der Waals surface area (Å²) in [5.74, 6) is -0.715. The topological polar surface area (TPSA) is 93.4 Å². The van der Waals surface area contributed by atoms with Gasteiger partial charge in [0.15, 0.2) is 5.57 Å². The molecule has 0 spiro atoms. The van der Waals surface area contributed by atoms with E-state index in [4.69, 9.17) is 4.74 Å². The third-order valence-corrected chi connectivity index (χ3v) is 5.13. The molecule has 0 aliphatic rings. The van der Waals surface area contributed by atoms with E-state index < -0.39 is 18.1 Å². The highest BCUT2D eigenvalue weighted by molar-refractivity contribution is 7.07. The molecule has 0 fully saturated rings. The number of rotatable bonds is 10. The van der Waals surface area contributed by atoms with Crippen molar-refractivity contribution in [2.24, 2.45) is 0 Å². The smallest absolute Gasteiger partial charge is 0.387 e. The van der Waals surface area contributed by atoms with E-state index >= 15 is 0 Å². The molecule has 2 rings (SSSR count). The van der Waals surface area contributed by atoms with Gasteiger partial charge in [-0.25, -0.2) is 0 Å². The van der Waals surface area contributed by atoms with Crippen LogP contribution in [-0.4, -0.2) is 37.3 Å². The molecular weight excluding hydrogens is 428 g/mol. The number of hydrogen-bond acceptors (Lipinski definition) is 6. The molecule has 1 amide bonds. The highest BCUT2D eigenvalue weighted by atomic mass is 32.1. The highest BCUT2D eigenvalue weighted by Gasteiger charge is 2.16. The van der Waals surface area contributed by atoms with Gasteiger partial charge in [-0.05, 0) is 18.6 Å². The Balaban J connectivity index is 2.61. The number of para-hydroxylation sites is 1. The van der Waals surface area contributed by atoms with Gasteiger partial charge in [0.05, 0.1) is 4.53 Å². The Bertz CT molecular complexity index is 1150. The van der Waals surface area contributed by atoms with Gasteiger partial charge in [0.1, 0.15) is 16.5 Å². The van der Waals surface area contributed by atoms with Crippen LogP contribution >= 0.6 is 11.3 Å². The van der Waals surface area contributed by atoms with Crippen LogP contribution in [0.5, 0.6) is 5.75 Å². The highest BCUT2D eigenvalue weighted by Crippen LogP contribution is 2.20. The van der Waals surface area contributed by atoms with Crippen LogP contribution in [0.4, 0.5) is 8.78 Å². The van der Waals surface area contributed by atoms with E-state index in [1.54, 1.807) is 6.07 Å². The summed E-state index contributed by atoms with van der Waals surface area (Å²) in [6.07, 6.45) is 3.41. The number of ether oxygens (including phenoxy) is 2. The fourth-order valence-corrected chi connectivity index (χ4v) is 3.75. The van der Waals surface area contributed by atoms with E-state index in [0.29, 0.717) is 19.6 Å². The molecule has 31 heavy (non-hydrogen) atoms. The third-order valence-electron chi connectivity index (χ3n) is 4.00. The molecule has 0 saturated heterocycles. The average Bonchev–Trinajstić information content (AvgIpc) is 3.03. The van der Waals surface area contributed by atoms with Crippen molar-refractivity contribution >= 4 is 28.9 Å². The Labute approximate surface area is 181 Å². The summed E-state index contributed by atoms with van der Waals surface area (Å²) in [5, 5.41) is 12.2. The lowest BCUT2D eigenvalue weighted by atomic mass is 10.2. The molecule has 0 radical (unpaired) electrons. The van der Waals surface area contributed by atoms with Gasteiger partial charge in [-0.2, -0.15) is 14.0 Å². The molecule has 7 nitrogen and oxygen atoms in total. The molecule has 1 aromatic heterocycles. The van der Waals surface area contributed by atoms with Crippen LogP contribution in [0, 0.1) is 11.3 Å². The summed E-state index contributed by atoms with van der Waals surface area (Å²) >= 11 is 0.912. The quantitative estimate of drug-likeness (QED) is 0.437. The maximum absolute atomic E-state index is 12.9. The van der Waals surface area contributed by atoms with Gasteiger partial charge in [0, 0.05) is 32.4 Å². The third kappa shape index (κ3) is 6.34. The van der Waals surface area contributed by atoms with E-state index in [0.717, 1.165) is 11.3 Å². The molecule has 0 bridgehead atoms. The summed E-state index contributed by atoms with van der Waals surface area (Å²) in [5.41, 5.74) is -0.439. The lowest BCUT2D eigenvalue weighted by Crippen LogP contribution is -2.35. The number of amides is 1. The van der Waals surface area contributed by atoms with Crippen LogP contribution in [0.25, 0.3) is 11.6 Å². The van der Waals surface area contributed by atoms with Crippen molar-refractivity contribution in [2.75, 3.05) is 20.3 Å². The zero-order valence-electron chi connectivity index (χ0n) is 16.8. The Morgan fingerprint density at radius 3 is 2.81 bits per heavy atom. The fraction of sp³-hybridized carbons (Fsp3) is 0.286. The van der Waals surface area contributed by atoms with Crippen LogP contribution < -0.4 is 24.8 Å². The van der Waals surface area contributed by atoms with Crippen LogP contribution in [0.3, 0.4) is 0 Å². The number of halogens is 2. The maximum Gasteiger partial charge on any atom is 0.387 e. The normalized spacial score (nSPS) is 12.4. The Morgan fingerprint density at radius 1 is 1.42 bits per heavy atom. The number of nitrogens with zero attached hydrogens (tertiary/aromatic N) is 2. The zero-order chi connectivity index (χ0) is 22.8. The number of methoxy groups -OCH3 is 1. The van der Waals surface area contributed by atoms with Gasteiger partial charge in [-0.15, -0.1) is 17.9 Å². The number of allylic oxidation sites excluding steroid dienone is 1. The molecular formula is C21H21F2N3O4S. The predicted octanol–water partition coefficient (Wildman–Crippen LogP) is 1.35. The van der Waals surface area contributed by atoms with Gasteiger partial charge in [0.2, 0.25) is 0 Å². The second kappa shape index (κ2) is 11.8. The SMILES string of the molecule is C=CCn1c(=O)/c(=C/c2ccccc2OC(F)F)s/c1=C(/C#N)C(=O)NCCCOC. The van der Waals surface area contributed by atoms with Crippen molar-refractivity contribution < 1.29 is 23.0 Å². The molecule has 0 saturated carbocycles. The summed E-state index contributed by atoms with van der Waals surface area (Å²) in [6, 6.07) is 7.87. The van der Waals surface area contributed by atoms with Gasteiger partial charge >= 0.3 is 6.61 Å². The molecule has 0 aliphatic heterocycles. The number of carbonyl (C=O) groups excluding carboxylic acids is 1. The van der Waals surface area contributed by atoms with Crippen molar-refractivity contribution in [3.05, 3.63) is 62.0 Å². The molecule has 164 valence electrons. The summed E-state index contributed by atoms with van der Waals surface area (Å²) < 4.78 is 36.3. The molecule has 1 aromatic carbocycles. The molecule has 0 unspecified atom stereocenters. The first-order valence-corrected chi connectivity index (χ1v) is 10.0. The van der Waals surface area contributed by atoms with E-state index in [1.807, 2.05) is 6.07 Å². The molecule has 0 aliphatic carbocycles. The number of carbonyl (C=O) groups is 1. The van der Waals surface area contributed by atoms with E-state index in [-0.39, 0.29) is 32.6 Å². The van der Waals surface area contributed by atoms with Crippen molar-refractivity contribution in [3.63, 3.8) is 0 Å². The number of nitriles is 1. The van der Waals surface area contributed by atoms with Gasteiger partial charge < -0.3 is 14.8 Å². The number of alkyl halides is 2. The molecule has 2 aromatic rings. The van der Waals surface area contributed by atoms with Crippen LogP contribution in [0.1, 0.15) is 12.0 Å². The lowest BCUT2D eigenvalue weighted by molar-refractivity contribution is -0.115. The van der Waals surface area contributed by atoms with Crippen molar-refractivity contribution in [1.29, 1.82) is 5.26 Å². The first-order valence-electron chi connectivity index (χ1n) is 9.20. The van der Waals surface area contributed by atoms with Crippen LogP contribution in [0.15, 0.2) is 41.7 Å². The van der Waals surface area contributed by atoms with Gasteiger partial charge in [0.25, 0.3) is 11.5 Å². The van der Waals surface area contributed by atoms with Gasteiger partial charge in [-0.3, -0.25) is 14.2 Å². The Morgan fingerprint density at radius 2 is 2.16 bits per heavy atom. The predicted molar refractivity (Wildman–Crippen MR) is 113 cm³/mol. The Hall–Kier alpha value is -3.29. The summed E-state index contributed by atoms with van der Waals surface area (Å²) in [7, 11) is 1.54. The first kappa shape index (κ1) is 24.0. The number of nitrogens with one attached hydrogen (secondary N) is 1. The Kier molecular flexibility index (Phi) is 9.12. The molecule has 0 atom stereocenters. The first-order chi connectivity index (χ1) is 14.9. The summed E-state index contributed by atoms with van der Waals surface area (Å²) in [6.45, 7) is 1.39. The standard InChI is InChI=1S/C21H21F2N3O4S/c1-3-10-26-19(28)17(12-14-7-4-5-8-16(14)30-21(22)23)31-20(26)15(13-24)18(27)25-9-6-11-29-2/h3-5,7-8,12,21H,1,6,9-11H2,2H3,(H,25,27)/b17-12-,20-15-. The molecule has 10 heteroatoms. The van der Waals surface area contributed by atoms with Gasteiger partial charge in [-0.1, -0.05) is 24.3 Å². The minimum Gasteiger partial charge on any atom is -0.434 e. The average molecular weight is 449 g/mol.